The van der Waals surface area contributed by atoms with Crippen LogP contribution in [0.4, 0.5) is 4.79 Å². The second-order valence-electron chi connectivity index (χ2n) is 4.82. The van der Waals surface area contributed by atoms with Crippen molar-refractivity contribution in [3.8, 4) is 0 Å². The number of carboxylic acid groups (broad SMARTS) is 1. The van der Waals surface area contributed by atoms with Crippen molar-refractivity contribution in [2.45, 2.75) is 32.4 Å². The lowest BCUT2D eigenvalue weighted by Crippen LogP contribution is -2.41. The van der Waals surface area contributed by atoms with E-state index in [-0.39, 0.29) is 18.1 Å². The maximum absolute atomic E-state index is 12.0. The molecular weight excluding hydrogens is 260 g/mol. The zero-order chi connectivity index (χ0) is 14.7. The lowest BCUT2D eigenvalue weighted by atomic mass is 10.2. The number of hydrogen-bond donors (Lipinski definition) is 2. The highest BCUT2D eigenvalue weighted by molar-refractivity contribution is 5.88. The third-order valence-corrected chi connectivity index (χ3v) is 3.19. The van der Waals surface area contributed by atoms with E-state index in [0.717, 1.165) is 12.8 Å². The van der Waals surface area contributed by atoms with Crippen molar-refractivity contribution in [2.24, 2.45) is 0 Å². The highest BCUT2D eigenvalue weighted by atomic mass is 16.4. The highest BCUT2D eigenvalue weighted by Crippen LogP contribution is 2.26. The molecule has 0 aliphatic heterocycles. The number of carbonyl (C=O) groups excluding carboxylic acids is 1. The fraction of sp³-hybridized carbons (Fsp3) is 0.429. The van der Waals surface area contributed by atoms with Crippen LogP contribution in [0.5, 0.6) is 0 Å². The minimum absolute atomic E-state index is 0.124. The second kappa shape index (κ2) is 5.81. The summed E-state index contributed by atoms with van der Waals surface area (Å²) in [5, 5.41) is 11.7. The van der Waals surface area contributed by atoms with E-state index >= 15 is 0 Å². The topological polar surface area (TPSA) is 82.8 Å². The number of carbonyl (C=O) groups is 2. The highest BCUT2D eigenvalue weighted by Gasteiger charge is 2.31. The van der Waals surface area contributed by atoms with Gasteiger partial charge in [0.2, 0.25) is 0 Å². The van der Waals surface area contributed by atoms with Gasteiger partial charge < -0.3 is 19.7 Å². The monoisotopic (exact) mass is 278 g/mol. The van der Waals surface area contributed by atoms with Gasteiger partial charge in [0.05, 0.1) is 6.54 Å². The van der Waals surface area contributed by atoms with Crippen LogP contribution in [-0.2, 0) is 6.54 Å². The third kappa shape index (κ3) is 3.20. The fourth-order valence-electron chi connectivity index (χ4n) is 2.03. The first-order chi connectivity index (χ1) is 9.52. The van der Waals surface area contributed by atoms with Crippen LogP contribution in [0.1, 0.15) is 34.7 Å². The lowest BCUT2D eigenvalue weighted by molar-refractivity contribution is 0.0695. The van der Waals surface area contributed by atoms with Crippen LogP contribution >= 0.6 is 0 Å². The summed E-state index contributed by atoms with van der Waals surface area (Å²) >= 11 is 0. The van der Waals surface area contributed by atoms with E-state index in [4.69, 9.17) is 9.52 Å². The van der Waals surface area contributed by atoms with E-state index in [1.54, 1.807) is 17.9 Å². The molecule has 0 aromatic carbocycles. The van der Waals surface area contributed by atoms with Crippen LogP contribution in [0.15, 0.2) is 23.1 Å². The van der Waals surface area contributed by atoms with Gasteiger partial charge in [-0.05, 0) is 25.8 Å². The maximum Gasteiger partial charge on any atom is 0.339 e. The van der Waals surface area contributed by atoms with E-state index in [1.807, 2.05) is 0 Å². The van der Waals surface area contributed by atoms with Gasteiger partial charge >= 0.3 is 12.0 Å². The number of urea groups is 1. The summed E-state index contributed by atoms with van der Waals surface area (Å²) in [6.07, 6.45) is 3.73. The molecule has 1 aliphatic carbocycles. The van der Waals surface area contributed by atoms with Gasteiger partial charge in [-0.15, -0.1) is 6.58 Å². The summed E-state index contributed by atoms with van der Waals surface area (Å²) in [5.41, 5.74) is 0.124. The molecule has 0 unspecified atom stereocenters. The average Bonchev–Trinajstić information content (AvgIpc) is 3.16. The Bertz CT molecular complexity index is 531. The predicted octanol–water partition coefficient (Wildman–Crippen LogP) is 2.15. The van der Waals surface area contributed by atoms with E-state index in [2.05, 4.69) is 11.9 Å². The van der Waals surface area contributed by atoms with Gasteiger partial charge in [-0.1, -0.05) is 6.08 Å². The standard InChI is InChI=1S/C14H18N2O4/c1-3-6-16(10-4-5-10)14(19)15-8-11-7-12(13(17)18)9(2)20-11/h3,7,10H,1,4-6,8H2,2H3,(H,15,19)(H,17,18). The largest absolute Gasteiger partial charge is 0.478 e. The number of aryl methyl sites for hydroxylation is 1. The Kier molecular flexibility index (Phi) is 4.12. The van der Waals surface area contributed by atoms with Gasteiger partial charge in [-0.25, -0.2) is 9.59 Å². The fourth-order valence-corrected chi connectivity index (χ4v) is 2.03. The van der Waals surface area contributed by atoms with Gasteiger partial charge in [0.1, 0.15) is 17.1 Å². The first kappa shape index (κ1) is 14.2. The Labute approximate surface area is 117 Å². The number of rotatable bonds is 6. The van der Waals surface area contributed by atoms with Crippen LogP contribution in [0.25, 0.3) is 0 Å². The van der Waals surface area contributed by atoms with Crippen molar-refractivity contribution in [3.05, 3.63) is 35.8 Å². The second-order valence-corrected chi connectivity index (χ2v) is 4.82. The molecule has 1 heterocycles. The number of nitrogens with zero attached hydrogens (tertiary/aromatic N) is 1. The molecular formula is C14H18N2O4. The molecule has 1 aromatic rings. The molecule has 0 atom stereocenters. The molecule has 1 aromatic heterocycles. The Balaban J connectivity index is 1.93. The van der Waals surface area contributed by atoms with Crippen molar-refractivity contribution in [1.29, 1.82) is 0 Å². The summed E-state index contributed by atoms with van der Waals surface area (Å²) in [6, 6.07) is 1.55. The predicted molar refractivity (Wildman–Crippen MR) is 72.6 cm³/mol. The number of amides is 2. The van der Waals surface area contributed by atoms with Crippen molar-refractivity contribution in [1.82, 2.24) is 10.2 Å². The Morgan fingerprint density at radius 3 is 2.80 bits per heavy atom. The zero-order valence-corrected chi connectivity index (χ0v) is 11.4. The van der Waals surface area contributed by atoms with Crippen LogP contribution in [-0.4, -0.2) is 34.6 Å². The Hall–Kier alpha value is -2.24. The number of hydrogen-bond acceptors (Lipinski definition) is 3. The summed E-state index contributed by atoms with van der Waals surface area (Å²) in [7, 11) is 0. The van der Waals surface area contributed by atoms with Gasteiger partial charge in [0.25, 0.3) is 0 Å². The third-order valence-electron chi connectivity index (χ3n) is 3.19. The SMILES string of the molecule is C=CCN(C(=O)NCc1cc(C(=O)O)c(C)o1)C1CC1. The molecule has 0 saturated heterocycles. The summed E-state index contributed by atoms with van der Waals surface area (Å²) < 4.78 is 5.31. The van der Waals surface area contributed by atoms with Gasteiger partial charge in [-0.3, -0.25) is 0 Å². The Morgan fingerprint density at radius 1 is 1.60 bits per heavy atom. The van der Waals surface area contributed by atoms with Gasteiger partial charge in [-0.2, -0.15) is 0 Å². The van der Waals surface area contributed by atoms with Crippen molar-refractivity contribution < 1.29 is 19.1 Å². The summed E-state index contributed by atoms with van der Waals surface area (Å²) in [6.45, 7) is 5.91. The minimum Gasteiger partial charge on any atom is -0.478 e. The molecule has 2 rings (SSSR count). The van der Waals surface area contributed by atoms with E-state index in [1.165, 1.54) is 6.07 Å². The average molecular weight is 278 g/mol. The molecule has 0 spiro atoms. The van der Waals surface area contributed by atoms with Gasteiger partial charge in [0, 0.05) is 12.6 Å². The summed E-state index contributed by atoms with van der Waals surface area (Å²) in [4.78, 5) is 24.6. The van der Waals surface area contributed by atoms with Crippen LogP contribution in [0.2, 0.25) is 0 Å². The van der Waals surface area contributed by atoms with Crippen molar-refractivity contribution in [3.63, 3.8) is 0 Å². The molecule has 1 saturated carbocycles. The molecule has 0 radical (unpaired) electrons. The van der Waals surface area contributed by atoms with Crippen LogP contribution in [0, 0.1) is 6.92 Å². The minimum atomic E-state index is -1.03. The van der Waals surface area contributed by atoms with E-state index < -0.39 is 5.97 Å². The molecule has 1 fully saturated rings. The van der Waals surface area contributed by atoms with Gasteiger partial charge in [0.15, 0.2) is 0 Å². The number of nitrogens with one attached hydrogen (secondary N) is 1. The number of carboxylic acids is 1. The van der Waals surface area contributed by atoms with Crippen LogP contribution in [0.3, 0.4) is 0 Å². The molecule has 0 bridgehead atoms. The number of furan rings is 1. The van der Waals surface area contributed by atoms with Crippen molar-refractivity contribution >= 4 is 12.0 Å². The molecule has 6 heteroatoms. The lowest BCUT2D eigenvalue weighted by Gasteiger charge is -2.20. The van der Waals surface area contributed by atoms with Crippen molar-refractivity contribution in [2.75, 3.05) is 6.54 Å². The molecule has 20 heavy (non-hydrogen) atoms. The molecule has 2 amide bonds. The normalized spacial score (nSPS) is 13.8. The molecule has 6 nitrogen and oxygen atoms in total. The first-order valence-corrected chi connectivity index (χ1v) is 6.51. The first-order valence-electron chi connectivity index (χ1n) is 6.51. The quantitative estimate of drug-likeness (QED) is 0.781. The summed E-state index contributed by atoms with van der Waals surface area (Å²) in [5.74, 6) is -0.260. The van der Waals surface area contributed by atoms with E-state index in [9.17, 15) is 9.59 Å². The smallest absolute Gasteiger partial charge is 0.339 e. The number of aromatic carboxylic acids is 1. The Morgan fingerprint density at radius 2 is 2.30 bits per heavy atom. The molecule has 108 valence electrons. The zero-order valence-electron chi connectivity index (χ0n) is 11.4. The molecule has 1 aliphatic rings. The van der Waals surface area contributed by atoms with E-state index in [0.29, 0.717) is 24.1 Å². The maximum atomic E-state index is 12.0. The molecule has 2 N–H and O–H groups in total. The van der Waals surface area contributed by atoms with Crippen LogP contribution < -0.4 is 5.32 Å².